The Morgan fingerprint density at radius 2 is 1.81 bits per heavy atom. The number of rotatable bonds is 7. The van der Waals surface area contributed by atoms with Crippen LogP contribution in [0, 0.1) is 0 Å². The van der Waals surface area contributed by atoms with Crippen LogP contribution in [0.4, 0.5) is 6.01 Å². The molecule has 1 aliphatic rings. The highest BCUT2D eigenvalue weighted by Gasteiger charge is 2.30. The predicted molar refractivity (Wildman–Crippen MR) is 114 cm³/mol. The molecule has 0 bridgehead atoms. The number of aromatic nitrogens is 2. The van der Waals surface area contributed by atoms with Gasteiger partial charge in [-0.2, -0.15) is 9.29 Å². The monoisotopic (exact) mass is 464 g/mol. The van der Waals surface area contributed by atoms with Crippen LogP contribution in [-0.2, 0) is 16.6 Å². The number of ether oxygens (including phenoxy) is 2. The van der Waals surface area contributed by atoms with Crippen LogP contribution in [0.25, 0.3) is 0 Å². The fourth-order valence-electron chi connectivity index (χ4n) is 3.15. The summed E-state index contributed by atoms with van der Waals surface area (Å²) in [7, 11) is -2.04. The Labute approximate surface area is 185 Å². The van der Waals surface area contributed by atoms with Gasteiger partial charge in [-0.25, -0.2) is 8.42 Å². The van der Waals surface area contributed by atoms with Gasteiger partial charge in [0.2, 0.25) is 15.8 Å². The van der Waals surface area contributed by atoms with Crippen LogP contribution < -0.4 is 14.4 Å². The zero-order valence-corrected chi connectivity index (χ0v) is 18.3. The van der Waals surface area contributed by atoms with Crippen molar-refractivity contribution in [3.63, 3.8) is 0 Å². The molecule has 0 unspecified atom stereocenters. The molecule has 164 valence electrons. The summed E-state index contributed by atoms with van der Waals surface area (Å²) in [4.78, 5) is 6.44. The van der Waals surface area contributed by atoms with Gasteiger partial charge in [0.25, 0.3) is 0 Å². The van der Waals surface area contributed by atoms with Crippen LogP contribution in [0.15, 0.2) is 57.9 Å². The third-order valence-corrected chi connectivity index (χ3v) is 6.98. The number of hydrogen-bond acceptors (Lipinski definition) is 8. The third kappa shape index (κ3) is 4.92. The molecule has 0 atom stereocenters. The molecule has 3 aromatic rings. The normalized spacial score (nSPS) is 15.1. The molecule has 0 radical (unpaired) electrons. The molecule has 0 aliphatic carbocycles. The first-order chi connectivity index (χ1) is 15.0. The third-order valence-electron chi connectivity index (χ3n) is 4.83. The number of sulfonamides is 1. The van der Waals surface area contributed by atoms with E-state index in [1.165, 1.54) is 11.4 Å². The first kappa shape index (κ1) is 21.4. The van der Waals surface area contributed by atoms with Gasteiger partial charge >= 0.3 is 6.01 Å². The maximum absolute atomic E-state index is 12.9. The summed E-state index contributed by atoms with van der Waals surface area (Å²) in [5.74, 6) is 1.61. The van der Waals surface area contributed by atoms with E-state index in [-0.39, 0.29) is 11.5 Å². The van der Waals surface area contributed by atoms with Crippen LogP contribution in [-0.4, -0.2) is 56.2 Å². The van der Waals surface area contributed by atoms with E-state index in [0.717, 1.165) is 0 Å². The van der Waals surface area contributed by atoms with E-state index in [9.17, 15) is 8.42 Å². The van der Waals surface area contributed by atoms with Gasteiger partial charge in [0.15, 0.2) is 6.61 Å². The van der Waals surface area contributed by atoms with Gasteiger partial charge in [-0.1, -0.05) is 22.8 Å². The largest absolute Gasteiger partial charge is 0.497 e. The van der Waals surface area contributed by atoms with Gasteiger partial charge in [0.1, 0.15) is 11.5 Å². The Bertz CT molecular complexity index is 1130. The summed E-state index contributed by atoms with van der Waals surface area (Å²) in [6.07, 6.45) is 0. The number of benzene rings is 2. The van der Waals surface area contributed by atoms with E-state index < -0.39 is 10.0 Å². The topological polar surface area (TPSA) is 98.0 Å². The number of nitrogens with zero attached hydrogens (tertiary/aromatic N) is 4. The van der Waals surface area contributed by atoms with Crippen molar-refractivity contribution in [3.8, 4) is 11.5 Å². The van der Waals surface area contributed by atoms with Crippen molar-refractivity contribution < 1.29 is 22.4 Å². The quantitative estimate of drug-likeness (QED) is 0.526. The summed E-state index contributed by atoms with van der Waals surface area (Å²) >= 11 is 5.94. The molecule has 11 heteroatoms. The first-order valence-corrected chi connectivity index (χ1v) is 11.4. The molecule has 2 heterocycles. The molecule has 0 N–H and O–H groups in total. The molecular weight excluding hydrogens is 444 g/mol. The van der Waals surface area contributed by atoms with Crippen molar-refractivity contribution >= 4 is 27.6 Å². The molecule has 1 aliphatic heterocycles. The van der Waals surface area contributed by atoms with Crippen LogP contribution in [0.1, 0.15) is 5.82 Å². The molecule has 9 nitrogen and oxygen atoms in total. The molecule has 1 fully saturated rings. The number of hydrogen-bond donors (Lipinski definition) is 0. The standard InChI is InChI=1S/C20H21ClN4O5S/c1-28-16-5-7-18(8-6-16)31(26,27)25-11-9-24(10-12-25)20-22-19(23-30-20)14-29-17-4-2-3-15(21)13-17/h2-8,13H,9-12,14H2,1H3. The average Bonchev–Trinajstić information content (AvgIpc) is 3.27. The molecule has 2 aromatic carbocycles. The molecule has 0 amide bonds. The Kier molecular flexibility index (Phi) is 6.30. The second-order valence-electron chi connectivity index (χ2n) is 6.81. The molecule has 1 saturated heterocycles. The van der Waals surface area contributed by atoms with Crippen molar-refractivity contribution in [2.45, 2.75) is 11.5 Å². The number of halogens is 1. The Hall–Kier alpha value is -2.82. The number of piperazine rings is 1. The summed E-state index contributed by atoms with van der Waals surface area (Å²) in [5.41, 5.74) is 0. The van der Waals surface area contributed by atoms with Crippen molar-refractivity contribution in [3.05, 3.63) is 59.4 Å². The highest BCUT2D eigenvalue weighted by molar-refractivity contribution is 7.89. The van der Waals surface area contributed by atoms with Gasteiger partial charge < -0.3 is 18.9 Å². The lowest BCUT2D eigenvalue weighted by Crippen LogP contribution is -2.48. The Morgan fingerprint density at radius 1 is 1.06 bits per heavy atom. The number of anilines is 1. The lowest BCUT2D eigenvalue weighted by Gasteiger charge is -2.32. The molecule has 4 rings (SSSR count). The van der Waals surface area contributed by atoms with Crippen molar-refractivity contribution in [1.29, 1.82) is 0 Å². The Morgan fingerprint density at radius 3 is 2.48 bits per heavy atom. The van der Waals surface area contributed by atoms with Gasteiger partial charge in [-0.3, -0.25) is 0 Å². The van der Waals surface area contributed by atoms with E-state index in [0.29, 0.717) is 54.5 Å². The van der Waals surface area contributed by atoms with Gasteiger partial charge in [0, 0.05) is 31.2 Å². The van der Waals surface area contributed by atoms with Crippen molar-refractivity contribution in [1.82, 2.24) is 14.4 Å². The maximum atomic E-state index is 12.9. The predicted octanol–water partition coefficient (Wildman–Crippen LogP) is 2.82. The van der Waals surface area contributed by atoms with Crippen LogP contribution in [0.2, 0.25) is 5.02 Å². The molecule has 0 spiro atoms. The molecular formula is C20H21ClN4O5S. The second kappa shape index (κ2) is 9.13. The van der Waals surface area contributed by atoms with Gasteiger partial charge in [-0.15, -0.1) is 0 Å². The van der Waals surface area contributed by atoms with E-state index >= 15 is 0 Å². The Balaban J connectivity index is 1.34. The van der Waals surface area contributed by atoms with Crippen LogP contribution in [0.5, 0.6) is 11.5 Å². The summed E-state index contributed by atoms with van der Waals surface area (Å²) in [6.45, 7) is 1.63. The van der Waals surface area contributed by atoms with Crippen molar-refractivity contribution in [2.24, 2.45) is 0 Å². The van der Waals surface area contributed by atoms with Gasteiger partial charge in [0.05, 0.1) is 12.0 Å². The van der Waals surface area contributed by atoms with Crippen molar-refractivity contribution in [2.75, 3.05) is 38.2 Å². The molecule has 0 saturated carbocycles. The fraction of sp³-hybridized carbons (Fsp3) is 0.300. The van der Waals surface area contributed by atoms with Gasteiger partial charge in [-0.05, 0) is 42.5 Å². The van der Waals surface area contributed by atoms with E-state index in [1.54, 1.807) is 48.5 Å². The lowest BCUT2D eigenvalue weighted by atomic mass is 10.3. The summed E-state index contributed by atoms with van der Waals surface area (Å²) in [5, 5.41) is 4.51. The zero-order chi connectivity index (χ0) is 21.8. The SMILES string of the molecule is COc1ccc(S(=O)(=O)N2CCN(c3nc(COc4cccc(Cl)c4)no3)CC2)cc1. The minimum Gasteiger partial charge on any atom is -0.497 e. The first-order valence-electron chi connectivity index (χ1n) is 9.56. The van der Waals surface area contributed by atoms with E-state index in [1.807, 2.05) is 4.90 Å². The summed E-state index contributed by atoms with van der Waals surface area (Å²) in [6, 6.07) is 13.7. The van der Waals surface area contributed by atoms with E-state index in [2.05, 4.69) is 10.1 Å². The second-order valence-corrected chi connectivity index (χ2v) is 9.18. The fourth-order valence-corrected chi connectivity index (χ4v) is 4.76. The molecule has 1 aromatic heterocycles. The minimum absolute atomic E-state index is 0.135. The average molecular weight is 465 g/mol. The highest BCUT2D eigenvalue weighted by atomic mass is 35.5. The maximum Gasteiger partial charge on any atom is 0.324 e. The zero-order valence-electron chi connectivity index (χ0n) is 16.8. The minimum atomic E-state index is -3.58. The lowest BCUT2D eigenvalue weighted by molar-refractivity contribution is 0.286. The molecule has 31 heavy (non-hydrogen) atoms. The van der Waals surface area contributed by atoms with Crippen LogP contribution in [0.3, 0.4) is 0 Å². The van der Waals surface area contributed by atoms with Crippen LogP contribution >= 0.6 is 11.6 Å². The number of methoxy groups -OCH3 is 1. The highest BCUT2D eigenvalue weighted by Crippen LogP contribution is 2.23. The van der Waals surface area contributed by atoms with E-state index in [4.69, 9.17) is 25.6 Å². The summed E-state index contributed by atoms with van der Waals surface area (Å²) < 4.78 is 43.2. The smallest absolute Gasteiger partial charge is 0.324 e.